The molecule has 3 heteroatoms. The molecule has 0 N–H and O–H groups in total. The summed E-state index contributed by atoms with van der Waals surface area (Å²) in [7, 11) is 0. The van der Waals surface area contributed by atoms with E-state index in [4.69, 9.17) is 4.74 Å². The number of alkyl halides is 2. The van der Waals surface area contributed by atoms with Crippen LogP contribution in [0, 0.1) is 0 Å². The first-order valence-corrected chi connectivity index (χ1v) is 6.44. The van der Waals surface area contributed by atoms with Crippen molar-refractivity contribution in [3.63, 3.8) is 0 Å². The fourth-order valence-electron chi connectivity index (χ4n) is 1.43. The van der Waals surface area contributed by atoms with Crippen molar-refractivity contribution in [2.75, 3.05) is 0 Å². The zero-order valence-corrected chi connectivity index (χ0v) is 10.9. The molecule has 0 aromatic heterocycles. The van der Waals surface area contributed by atoms with Crippen molar-refractivity contribution in [1.82, 2.24) is 0 Å². The molecule has 0 aliphatic carbocycles. The second-order valence-corrected chi connectivity index (χ2v) is 4.12. The quantitative estimate of drug-likeness (QED) is 0.488. The Labute approximate surface area is 104 Å². The molecule has 2 atom stereocenters. The van der Waals surface area contributed by atoms with Crippen molar-refractivity contribution in [2.24, 2.45) is 0 Å². The van der Waals surface area contributed by atoms with Crippen LogP contribution in [0.4, 0.5) is 8.78 Å². The Morgan fingerprint density at radius 3 is 1.65 bits per heavy atom. The number of hydrogen-bond donors (Lipinski definition) is 0. The van der Waals surface area contributed by atoms with E-state index < -0.39 is 12.3 Å². The Morgan fingerprint density at radius 2 is 1.29 bits per heavy atom. The minimum absolute atomic E-state index is 0.378. The van der Waals surface area contributed by atoms with Crippen LogP contribution in [0.5, 0.6) is 0 Å². The van der Waals surface area contributed by atoms with E-state index >= 15 is 0 Å². The van der Waals surface area contributed by atoms with Gasteiger partial charge in [-0.2, -0.15) is 0 Å². The number of rotatable bonds is 10. The van der Waals surface area contributed by atoms with Crippen LogP contribution in [0.15, 0.2) is 24.7 Å². The lowest BCUT2D eigenvalue weighted by Gasteiger charge is -2.01. The minimum Gasteiger partial charge on any atom is -0.473 e. The largest absolute Gasteiger partial charge is 0.473 e. The molecule has 0 spiro atoms. The van der Waals surface area contributed by atoms with Crippen molar-refractivity contribution in [1.29, 1.82) is 0 Å². The molecule has 0 aromatic rings. The lowest BCUT2D eigenvalue weighted by atomic mass is 10.2. The van der Waals surface area contributed by atoms with E-state index in [-0.39, 0.29) is 0 Å². The molecule has 2 unspecified atom stereocenters. The van der Waals surface area contributed by atoms with Gasteiger partial charge < -0.3 is 4.74 Å². The molecule has 0 saturated carbocycles. The minimum atomic E-state index is -0.788. The lowest BCUT2D eigenvalue weighted by Crippen LogP contribution is -1.96. The number of hydrogen-bond acceptors (Lipinski definition) is 1. The van der Waals surface area contributed by atoms with E-state index in [1.165, 1.54) is 12.5 Å². The fraction of sp³-hybridized carbons (Fsp3) is 0.714. The van der Waals surface area contributed by atoms with Crippen LogP contribution in [0.2, 0.25) is 0 Å². The van der Waals surface area contributed by atoms with Crippen LogP contribution in [0.3, 0.4) is 0 Å². The zero-order chi connectivity index (χ0) is 12.9. The van der Waals surface area contributed by atoms with Crippen molar-refractivity contribution >= 4 is 0 Å². The second-order valence-electron chi connectivity index (χ2n) is 4.12. The predicted molar refractivity (Wildman–Crippen MR) is 68.2 cm³/mol. The Morgan fingerprint density at radius 1 is 0.882 bits per heavy atom. The molecule has 0 heterocycles. The van der Waals surface area contributed by atoms with Gasteiger partial charge in [-0.15, -0.1) is 0 Å². The van der Waals surface area contributed by atoms with E-state index in [0.717, 1.165) is 12.8 Å². The van der Waals surface area contributed by atoms with Crippen LogP contribution < -0.4 is 0 Å². The molecule has 1 nitrogen and oxygen atoms in total. The molecule has 17 heavy (non-hydrogen) atoms. The van der Waals surface area contributed by atoms with Gasteiger partial charge in [0.25, 0.3) is 0 Å². The van der Waals surface area contributed by atoms with Crippen molar-refractivity contribution in [3.05, 3.63) is 24.7 Å². The zero-order valence-electron chi connectivity index (χ0n) is 10.9. The molecule has 0 aliphatic heterocycles. The van der Waals surface area contributed by atoms with Gasteiger partial charge in [-0.25, -0.2) is 8.78 Å². The molecular weight excluding hydrogens is 222 g/mol. The summed E-state index contributed by atoms with van der Waals surface area (Å²) in [5.41, 5.74) is 0. The van der Waals surface area contributed by atoms with Crippen LogP contribution in [0.25, 0.3) is 0 Å². The molecule has 0 amide bonds. The van der Waals surface area contributed by atoms with Gasteiger partial charge in [0.1, 0.15) is 12.3 Å². The number of allylic oxidation sites excluding steroid dienone is 2. The van der Waals surface area contributed by atoms with Gasteiger partial charge in [-0.1, -0.05) is 26.7 Å². The smallest absolute Gasteiger partial charge is 0.104 e. The van der Waals surface area contributed by atoms with E-state index in [0.29, 0.717) is 25.7 Å². The Kier molecular flexibility index (Phi) is 11.0. The van der Waals surface area contributed by atoms with E-state index in [1.54, 1.807) is 12.2 Å². The standard InChI is InChI=1S/C14H24F2O/c1-3-7-13(15)9-5-11-17-12-6-10-14(16)8-4-2/h5-6,11-14H,3-4,7-10H2,1-2H3. The second kappa shape index (κ2) is 11.6. The van der Waals surface area contributed by atoms with Gasteiger partial charge >= 0.3 is 0 Å². The third-order valence-electron chi connectivity index (χ3n) is 2.34. The highest BCUT2D eigenvalue weighted by atomic mass is 19.1. The summed E-state index contributed by atoms with van der Waals surface area (Å²) < 4.78 is 31.0. The average Bonchev–Trinajstić information content (AvgIpc) is 2.28. The summed E-state index contributed by atoms with van der Waals surface area (Å²) in [6.45, 7) is 3.92. The molecule has 0 rings (SSSR count). The molecule has 100 valence electrons. The first-order chi connectivity index (χ1) is 8.20. The van der Waals surface area contributed by atoms with Crippen LogP contribution in [-0.4, -0.2) is 12.3 Å². The molecule has 0 radical (unpaired) electrons. The maximum absolute atomic E-state index is 13.0. The topological polar surface area (TPSA) is 9.23 Å². The van der Waals surface area contributed by atoms with Gasteiger partial charge in [0.05, 0.1) is 12.5 Å². The van der Waals surface area contributed by atoms with Crippen molar-refractivity contribution in [3.8, 4) is 0 Å². The van der Waals surface area contributed by atoms with E-state index in [9.17, 15) is 8.78 Å². The monoisotopic (exact) mass is 246 g/mol. The van der Waals surface area contributed by atoms with Gasteiger partial charge in [-0.3, -0.25) is 0 Å². The highest BCUT2D eigenvalue weighted by Gasteiger charge is 2.01. The maximum atomic E-state index is 13.0. The summed E-state index contributed by atoms with van der Waals surface area (Å²) in [5, 5.41) is 0. The highest BCUT2D eigenvalue weighted by molar-refractivity contribution is 4.83. The fourth-order valence-corrected chi connectivity index (χ4v) is 1.43. The highest BCUT2D eigenvalue weighted by Crippen LogP contribution is 2.08. The van der Waals surface area contributed by atoms with Gasteiger partial charge in [0, 0.05) is 0 Å². The molecule has 0 bridgehead atoms. The van der Waals surface area contributed by atoms with Gasteiger partial charge in [0.2, 0.25) is 0 Å². The Balaban J connectivity index is 3.48. The molecule has 0 saturated heterocycles. The number of halogens is 2. The normalized spacial score (nSPS) is 15.5. The van der Waals surface area contributed by atoms with Crippen LogP contribution in [-0.2, 0) is 4.74 Å². The molecule has 0 aromatic carbocycles. The summed E-state index contributed by atoms with van der Waals surface area (Å²) >= 11 is 0. The number of ether oxygens (including phenoxy) is 1. The first kappa shape index (κ1) is 16.1. The predicted octanol–water partition coefficient (Wildman–Crippen LogP) is 5.09. The first-order valence-electron chi connectivity index (χ1n) is 6.44. The Hall–Kier alpha value is -0.860. The summed E-state index contributed by atoms with van der Waals surface area (Å²) in [6.07, 6.45) is 8.27. The van der Waals surface area contributed by atoms with Crippen LogP contribution in [0.1, 0.15) is 52.4 Å². The third-order valence-corrected chi connectivity index (χ3v) is 2.34. The molecule has 0 fully saturated rings. The third kappa shape index (κ3) is 11.4. The Bertz CT molecular complexity index is 192. The van der Waals surface area contributed by atoms with Crippen molar-refractivity contribution < 1.29 is 13.5 Å². The lowest BCUT2D eigenvalue weighted by molar-refractivity contribution is 0.308. The average molecular weight is 246 g/mol. The van der Waals surface area contributed by atoms with Gasteiger partial charge in [-0.05, 0) is 37.8 Å². The molecular formula is C14H24F2O. The maximum Gasteiger partial charge on any atom is 0.104 e. The van der Waals surface area contributed by atoms with E-state index in [2.05, 4.69) is 0 Å². The SMILES string of the molecule is CCCC(F)CC=COC=CCC(F)CCC. The van der Waals surface area contributed by atoms with Crippen molar-refractivity contribution in [2.45, 2.75) is 64.7 Å². The summed E-state index contributed by atoms with van der Waals surface area (Å²) in [4.78, 5) is 0. The van der Waals surface area contributed by atoms with Crippen LogP contribution >= 0.6 is 0 Å². The summed E-state index contributed by atoms with van der Waals surface area (Å²) in [6, 6.07) is 0. The molecule has 0 aliphatic rings. The summed E-state index contributed by atoms with van der Waals surface area (Å²) in [5.74, 6) is 0. The van der Waals surface area contributed by atoms with E-state index in [1.807, 2.05) is 13.8 Å². The van der Waals surface area contributed by atoms with Gasteiger partial charge in [0.15, 0.2) is 0 Å².